The summed E-state index contributed by atoms with van der Waals surface area (Å²) in [7, 11) is 1.39. The molecule has 1 aliphatic carbocycles. The fourth-order valence-corrected chi connectivity index (χ4v) is 3.31. The van der Waals surface area contributed by atoms with Gasteiger partial charge in [-0.15, -0.1) is 0 Å². The Kier molecular flexibility index (Phi) is 6.06. The molecule has 1 aliphatic rings. The van der Waals surface area contributed by atoms with E-state index in [1.54, 1.807) is 12.1 Å². The van der Waals surface area contributed by atoms with E-state index in [0.717, 1.165) is 17.5 Å². The average molecular weight is 381 g/mol. The van der Waals surface area contributed by atoms with Crippen LogP contribution < -0.4 is 10.8 Å². The summed E-state index contributed by atoms with van der Waals surface area (Å²) >= 11 is 0. The molecule has 1 unspecified atom stereocenters. The Morgan fingerprint density at radius 1 is 0.964 bits per heavy atom. The van der Waals surface area contributed by atoms with Crippen molar-refractivity contribution in [2.24, 2.45) is 0 Å². The maximum atomic E-state index is 13.2. The first-order valence-electron chi connectivity index (χ1n) is 9.20. The Balaban J connectivity index is 1.91. The molecule has 28 heavy (non-hydrogen) atoms. The van der Waals surface area contributed by atoms with Crippen molar-refractivity contribution in [3.05, 3.63) is 60.2 Å². The van der Waals surface area contributed by atoms with Crippen molar-refractivity contribution in [2.45, 2.75) is 31.3 Å². The molecule has 0 bridgehead atoms. The van der Waals surface area contributed by atoms with Gasteiger partial charge in [0.05, 0.1) is 0 Å². The van der Waals surface area contributed by atoms with Crippen LogP contribution in [0.2, 0.25) is 0 Å². The second-order valence-electron chi connectivity index (χ2n) is 6.73. The molecule has 3 N–H and O–H groups in total. The van der Waals surface area contributed by atoms with Crippen LogP contribution in [0.3, 0.4) is 0 Å². The minimum atomic E-state index is -1.43. The molecule has 1 fully saturated rings. The number of hydrogen-bond acceptors (Lipinski definition) is 4. The molecule has 0 heterocycles. The molecule has 7 heteroatoms. The largest absolute Gasteiger partial charge is 0.357 e. The highest BCUT2D eigenvalue weighted by Gasteiger charge is 2.42. The van der Waals surface area contributed by atoms with Crippen molar-refractivity contribution in [3.63, 3.8) is 0 Å². The van der Waals surface area contributed by atoms with Crippen LogP contribution in [0.5, 0.6) is 0 Å². The van der Waals surface area contributed by atoms with Crippen LogP contribution in [-0.4, -0.2) is 47.0 Å². The van der Waals surface area contributed by atoms with Crippen molar-refractivity contribution in [1.82, 2.24) is 15.7 Å². The maximum absolute atomic E-state index is 13.2. The van der Waals surface area contributed by atoms with Gasteiger partial charge in [-0.1, -0.05) is 42.5 Å². The van der Waals surface area contributed by atoms with Crippen molar-refractivity contribution in [2.75, 3.05) is 7.05 Å². The van der Waals surface area contributed by atoms with Gasteiger partial charge in [-0.25, -0.2) is 5.48 Å². The zero-order valence-electron chi connectivity index (χ0n) is 15.6. The molecule has 0 spiro atoms. The zero-order valence-corrected chi connectivity index (χ0v) is 15.6. The van der Waals surface area contributed by atoms with E-state index >= 15 is 0 Å². The van der Waals surface area contributed by atoms with Crippen LogP contribution in [0.1, 0.15) is 29.6 Å². The van der Waals surface area contributed by atoms with Crippen molar-refractivity contribution < 1.29 is 19.6 Å². The van der Waals surface area contributed by atoms with E-state index < -0.39 is 23.8 Å². The third kappa shape index (κ3) is 3.89. The molecule has 0 saturated heterocycles. The number of carbonyl (C=O) groups excluding carboxylic acids is 3. The molecular weight excluding hydrogens is 358 g/mol. The third-order valence-corrected chi connectivity index (χ3v) is 5.07. The first kappa shape index (κ1) is 19.6. The first-order valence-corrected chi connectivity index (χ1v) is 9.20. The lowest BCUT2D eigenvalue weighted by atomic mass is 9.89. The molecule has 0 radical (unpaired) electrons. The van der Waals surface area contributed by atoms with Gasteiger partial charge in [0.2, 0.25) is 0 Å². The maximum Gasteiger partial charge on any atom is 0.275 e. The number of hydroxylamine groups is 1. The second kappa shape index (κ2) is 8.67. The van der Waals surface area contributed by atoms with Gasteiger partial charge in [-0.2, -0.15) is 0 Å². The van der Waals surface area contributed by atoms with Gasteiger partial charge in [-0.05, 0) is 42.5 Å². The topological polar surface area (TPSA) is 98.7 Å². The fourth-order valence-electron chi connectivity index (χ4n) is 3.31. The normalized spacial score (nSPS) is 14.5. The molecule has 2 aromatic rings. The summed E-state index contributed by atoms with van der Waals surface area (Å²) in [5.74, 6) is -1.99. The van der Waals surface area contributed by atoms with Crippen molar-refractivity contribution >= 4 is 17.7 Å². The Labute approximate surface area is 163 Å². The fraction of sp³-hybridized carbons (Fsp3) is 0.286. The van der Waals surface area contributed by atoms with E-state index in [9.17, 15) is 14.4 Å². The van der Waals surface area contributed by atoms with E-state index in [2.05, 4.69) is 5.32 Å². The summed E-state index contributed by atoms with van der Waals surface area (Å²) in [6.45, 7) is 0. The SMILES string of the molecule is CNC(=O)C(C(=O)NO)N(C(=O)c1ccc(-c2ccccc2)cc1)C1CCC1. The predicted molar refractivity (Wildman–Crippen MR) is 103 cm³/mol. The Hall–Kier alpha value is -3.19. The van der Waals surface area contributed by atoms with Crippen LogP contribution in [0.15, 0.2) is 54.6 Å². The molecule has 0 aromatic heterocycles. The number of likely N-dealkylation sites (N-methyl/N-ethyl adjacent to an activating group) is 1. The van der Waals surface area contributed by atoms with Gasteiger partial charge in [0.1, 0.15) is 0 Å². The highest BCUT2D eigenvalue weighted by Crippen LogP contribution is 2.29. The summed E-state index contributed by atoms with van der Waals surface area (Å²) in [4.78, 5) is 38.9. The smallest absolute Gasteiger partial charge is 0.275 e. The highest BCUT2D eigenvalue weighted by atomic mass is 16.5. The van der Waals surface area contributed by atoms with Gasteiger partial charge in [0.25, 0.3) is 17.7 Å². The standard InChI is InChI=1S/C21H23N3O4/c1-22-19(25)18(20(26)23-28)24(17-8-5-9-17)21(27)16-12-10-15(11-13-16)14-6-3-2-4-7-14/h2-4,6-7,10-13,17-18,28H,5,8-9H2,1H3,(H,22,25)(H,23,26). The van der Waals surface area contributed by atoms with Crippen LogP contribution in [0.4, 0.5) is 0 Å². The van der Waals surface area contributed by atoms with Gasteiger partial charge >= 0.3 is 0 Å². The van der Waals surface area contributed by atoms with Crippen molar-refractivity contribution in [1.29, 1.82) is 0 Å². The predicted octanol–water partition coefficient (Wildman–Crippen LogP) is 1.97. The van der Waals surface area contributed by atoms with E-state index in [4.69, 9.17) is 5.21 Å². The molecule has 3 amide bonds. The Morgan fingerprint density at radius 3 is 2.07 bits per heavy atom. The summed E-state index contributed by atoms with van der Waals surface area (Å²) in [5, 5.41) is 11.5. The lowest BCUT2D eigenvalue weighted by Gasteiger charge is -2.40. The van der Waals surface area contributed by atoms with Crippen LogP contribution in [0.25, 0.3) is 11.1 Å². The average Bonchev–Trinajstić information content (AvgIpc) is 2.71. The molecule has 2 aromatic carbocycles. The highest BCUT2D eigenvalue weighted by molar-refractivity contribution is 6.09. The van der Waals surface area contributed by atoms with E-state index in [1.165, 1.54) is 17.4 Å². The number of carbonyl (C=O) groups is 3. The molecule has 7 nitrogen and oxygen atoms in total. The lowest BCUT2D eigenvalue weighted by molar-refractivity contribution is -0.143. The molecule has 1 saturated carbocycles. The van der Waals surface area contributed by atoms with Crippen LogP contribution >= 0.6 is 0 Å². The molecule has 3 rings (SSSR count). The van der Waals surface area contributed by atoms with Crippen molar-refractivity contribution in [3.8, 4) is 11.1 Å². The number of amides is 3. The minimum Gasteiger partial charge on any atom is -0.357 e. The molecule has 1 atom stereocenters. The second-order valence-corrected chi connectivity index (χ2v) is 6.73. The van der Waals surface area contributed by atoms with Crippen LogP contribution in [-0.2, 0) is 9.59 Å². The van der Waals surface area contributed by atoms with Gasteiger partial charge in [-0.3, -0.25) is 19.6 Å². The lowest BCUT2D eigenvalue weighted by Crippen LogP contribution is -2.60. The van der Waals surface area contributed by atoms with E-state index in [0.29, 0.717) is 18.4 Å². The zero-order chi connectivity index (χ0) is 20.1. The Morgan fingerprint density at radius 2 is 1.57 bits per heavy atom. The first-order chi connectivity index (χ1) is 13.6. The van der Waals surface area contributed by atoms with E-state index in [-0.39, 0.29) is 6.04 Å². The van der Waals surface area contributed by atoms with E-state index in [1.807, 2.05) is 42.5 Å². The molecule has 146 valence electrons. The van der Waals surface area contributed by atoms with Crippen LogP contribution in [0, 0.1) is 0 Å². The monoisotopic (exact) mass is 381 g/mol. The summed E-state index contributed by atoms with van der Waals surface area (Å²) < 4.78 is 0. The van der Waals surface area contributed by atoms with Gasteiger partial charge in [0.15, 0.2) is 6.04 Å². The quantitative estimate of drug-likeness (QED) is 0.405. The summed E-state index contributed by atoms with van der Waals surface area (Å²) in [6, 6.07) is 15.2. The number of nitrogens with one attached hydrogen (secondary N) is 2. The number of benzene rings is 2. The number of hydrogen-bond donors (Lipinski definition) is 3. The van der Waals surface area contributed by atoms with Gasteiger partial charge in [0, 0.05) is 18.7 Å². The summed E-state index contributed by atoms with van der Waals surface area (Å²) in [5.41, 5.74) is 3.88. The number of rotatable bonds is 6. The minimum absolute atomic E-state index is 0.221. The molecular formula is C21H23N3O4. The van der Waals surface area contributed by atoms with Gasteiger partial charge < -0.3 is 10.2 Å². The third-order valence-electron chi connectivity index (χ3n) is 5.07. The Bertz CT molecular complexity index is 832. The molecule has 0 aliphatic heterocycles. The number of nitrogens with zero attached hydrogens (tertiary/aromatic N) is 1. The summed E-state index contributed by atoms with van der Waals surface area (Å²) in [6.07, 6.45) is 2.34.